The average Bonchev–Trinajstić information content (AvgIpc) is 3.48. The van der Waals surface area contributed by atoms with Crippen LogP contribution in [0.5, 0.6) is 0 Å². The number of carbonyl (C=O) groups is 2. The first kappa shape index (κ1) is 26.4. The minimum atomic E-state index is -4.28. The van der Waals surface area contributed by atoms with Crippen molar-refractivity contribution in [1.29, 1.82) is 0 Å². The topological polar surface area (TPSA) is 115 Å². The van der Waals surface area contributed by atoms with Crippen LogP contribution < -0.4 is 10.6 Å². The lowest BCUT2D eigenvalue weighted by Gasteiger charge is -2.34. The van der Waals surface area contributed by atoms with Crippen molar-refractivity contribution in [2.75, 3.05) is 5.32 Å². The summed E-state index contributed by atoms with van der Waals surface area (Å²) in [4.78, 5) is 30.6. The molecule has 1 saturated carbocycles. The molecule has 0 aliphatic heterocycles. The van der Waals surface area contributed by atoms with Crippen LogP contribution in [0, 0.1) is 18.8 Å². The minimum Gasteiger partial charge on any atom is -0.364 e. The van der Waals surface area contributed by atoms with E-state index in [1.54, 1.807) is 36.1 Å². The lowest BCUT2D eigenvalue weighted by atomic mass is 9.78. The van der Waals surface area contributed by atoms with Gasteiger partial charge in [-0.05, 0) is 62.6 Å². The van der Waals surface area contributed by atoms with Gasteiger partial charge in [-0.2, -0.15) is 18.3 Å². The molecule has 1 unspecified atom stereocenters. The van der Waals surface area contributed by atoms with Crippen LogP contribution in [0.4, 0.5) is 19.0 Å². The molecule has 1 atom stereocenters. The summed E-state index contributed by atoms with van der Waals surface area (Å²) < 4.78 is 46.2. The van der Waals surface area contributed by atoms with Gasteiger partial charge in [0.1, 0.15) is 23.7 Å². The van der Waals surface area contributed by atoms with E-state index >= 15 is 0 Å². The summed E-state index contributed by atoms with van der Waals surface area (Å²) >= 11 is 0. The predicted octanol–water partition coefficient (Wildman–Crippen LogP) is 4.45. The number of carbonyl (C=O) groups excluding carboxylic acids is 2. The van der Waals surface area contributed by atoms with E-state index in [9.17, 15) is 22.8 Å². The van der Waals surface area contributed by atoms with Crippen LogP contribution in [-0.4, -0.2) is 44.0 Å². The van der Waals surface area contributed by atoms with Crippen molar-refractivity contribution in [1.82, 2.24) is 25.2 Å². The monoisotopic (exact) mass is 518 g/mol. The van der Waals surface area contributed by atoms with Crippen LogP contribution in [0.2, 0.25) is 0 Å². The number of aromatic nitrogens is 4. The van der Waals surface area contributed by atoms with Gasteiger partial charge in [-0.15, -0.1) is 0 Å². The van der Waals surface area contributed by atoms with Crippen molar-refractivity contribution < 1.29 is 27.3 Å². The number of hydrogen-bond donors (Lipinski definition) is 2. The third-order valence-corrected chi connectivity index (χ3v) is 6.91. The van der Waals surface area contributed by atoms with E-state index in [0.717, 1.165) is 16.8 Å². The van der Waals surface area contributed by atoms with Gasteiger partial charge in [0.05, 0.1) is 23.5 Å². The van der Waals surface area contributed by atoms with Crippen LogP contribution in [-0.2, 0) is 18.3 Å². The average molecular weight is 519 g/mol. The number of nitrogens with zero attached hydrogens (tertiary/aromatic N) is 4. The molecule has 1 aliphatic rings. The maximum atomic E-state index is 13.3. The van der Waals surface area contributed by atoms with Crippen molar-refractivity contribution in [3.63, 3.8) is 0 Å². The Morgan fingerprint density at radius 1 is 1.19 bits per heavy atom. The zero-order chi connectivity index (χ0) is 26.7. The number of aryl methyl sites for hydroxylation is 3. The van der Waals surface area contributed by atoms with Crippen molar-refractivity contribution in [3.05, 3.63) is 47.6 Å². The molecule has 37 heavy (non-hydrogen) atoms. The first-order chi connectivity index (χ1) is 17.6. The Hall–Kier alpha value is -3.70. The number of halogens is 3. The van der Waals surface area contributed by atoms with E-state index < -0.39 is 35.9 Å². The third kappa shape index (κ3) is 5.83. The predicted molar refractivity (Wildman–Crippen MR) is 128 cm³/mol. The van der Waals surface area contributed by atoms with Gasteiger partial charge in [0.25, 0.3) is 5.91 Å². The second kappa shape index (κ2) is 10.7. The van der Waals surface area contributed by atoms with Gasteiger partial charge in [-0.1, -0.05) is 12.1 Å². The van der Waals surface area contributed by atoms with Crippen LogP contribution in [0.25, 0.3) is 11.3 Å². The van der Waals surface area contributed by atoms with Crippen LogP contribution >= 0.6 is 0 Å². The highest BCUT2D eigenvalue weighted by Crippen LogP contribution is 2.40. The summed E-state index contributed by atoms with van der Waals surface area (Å²) in [7, 11) is 1.82. The van der Waals surface area contributed by atoms with E-state index in [0.29, 0.717) is 12.1 Å². The fraction of sp³-hybridized carbons (Fsp3) is 0.480. The van der Waals surface area contributed by atoms with Crippen LogP contribution in [0.3, 0.4) is 0 Å². The maximum absolute atomic E-state index is 13.3. The number of pyridine rings is 1. The Morgan fingerprint density at radius 3 is 2.49 bits per heavy atom. The molecule has 0 radical (unpaired) electrons. The quantitative estimate of drug-likeness (QED) is 0.478. The molecule has 3 aromatic heterocycles. The Kier molecular flexibility index (Phi) is 7.65. The van der Waals surface area contributed by atoms with E-state index in [1.807, 2.05) is 14.0 Å². The molecular formula is C25H29F3N6O3. The molecule has 0 spiro atoms. The number of hydrogen-bond acceptors (Lipinski definition) is 6. The summed E-state index contributed by atoms with van der Waals surface area (Å²) in [6.45, 7) is 3.73. The lowest BCUT2D eigenvalue weighted by molar-refractivity contribution is -0.184. The molecule has 0 saturated heterocycles. The Labute approximate surface area is 211 Å². The van der Waals surface area contributed by atoms with E-state index in [4.69, 9.17) is 4.52 Å². The summed E-state index contributed by atoms with van der Waals surface area (Å²) in [6.07, 6.45) is 0.818. The van der Waals surface area contributed by atoms with E-state index in [1.165, 1.54) is 6.26 Å². The zero-order valence-electron chi connectivity index (χ0n) is 20.8. The SMILES string of the molecule is CCc1nocc1C(=O)NC(C(=O)Nc1ccc(-c2c(C)cnn2C)cn1)[C@H]1CC[C@H](C(F)(F)F)CC1. The Morgan fingerprint density at radius 2 is 1.92 bits per heavy atom. The fourth-order valence-electron chi connectivity index (χ4n) is 4.87. The molecule has 2 amide bonds. The Balaban J connectivity index is 1.52. The van der Waals surface area contributed by atoms with Gasteiger partial charge in [0.2, 0.25) is 5.91 Å². The molecular weight excluding hydrogens is 489 g/mol. The highest BCUT2D eigenvalue weighted by Gasteiger charge is 2.44. The molecule has 3 aromatic rings. The Bertz CT molecular complexity index is 1220. The first-order valence-corrected chi connectivity index (χ1v) is 12.1. The molecule has 9 nitrogen and oxygen atoms in total. The molecule has 3 heterocycles. The molecule has 4 rings (SSSR count). The highest BCUT2D eigenvalue weighted by atomic mass is 19.4. The molecule has 0 aromatic carbocycles. The molecule has 198 valence electrons. The molecule has 2 N–H and O–H groups in total. The maximum Gasteiger partial charge on any atom is 0.391 e. The number of anilines is 1. The van der Waals surface area contributed by atoms with Crippen molar-refractivity contribution in [3.8, 4) is 11.3 Å². The van der Waals surface area contributed by atoms with Crippen LogP contribution in [0.1, 0.15) is 54.2 Å². The summed E-state index contributed by atoms with van der Waals surface area (Å²) in [5.41, 5.74) is 3.29. The molecule has 1 fully saturated rings. The van der Waals surface area contributed by atoms with Crippen molar-refractivity contribution >= 4 is 17.6 Å². The summed E-state index contributed by atoms with van der Waals surface area (Å²) in [5.74, 6) is -2.72. The number of amides is 2. The lowest BCUT2D eigenvalue weighted by Crippen LogP contribution is -2.50. The molecule has 12 heteroatoms. The van der Waals surface area contributed by atoms with Gasteiger partial charge in [-0.25, -0.2) is 4.98 Å². The number of rotatable bonds is 7. The smallest absolute Gasteiger partial charge is 0.364 e. The number of alkyl halides is 3. The summed E-state index contributed by atoms with van der Waals surface area (Å²) in [6, 6.07) is 2.37. The minimum absolute atomic E-state index is 0.0989. The van der Waals surface area contributed by atoms with E-state index in [-0.39, 0.29) is 37.1 Å². The second-order valence-corrected chi connectivity index (χ2v) is 9.35. The highest BCUT2D eigenvalue weighted by molar-refractivity contribution is 6.01. The molecule has 1 aliphatic carbocycles. The van der Waals surface area contributed by atoms with Gasteiger partial charge in [0, 0.05) is 18.8 Å². The van der Waals surface area contributed by atoms with Gasteiger partial charge < -0.3 is 15.2 Å². The van der Waals surface area contributed by atoms with Crippen LogP contribution in [0.15, 0.2) is 35.3 Å². The normalized spacial score (nSPS) is 18.9. The van der Waals surface area contributed by atoms with Crippen molar-refractivity contribution in [2.45, 2.75) is 58.2 Å². The fourth-order valence-corrected chi connectivity index (χ4v) is 4.87. The second-order valence-electron chi connectivity index (χ2n) is 9.35. The van der Waals surface area contributed by atoms with E-state index in [2.05, 4.69) is 25.9 Å². The van der Waals surface area contributed by atoms with Gasteiger partial charge >= 0.3 is 6.18 Å². The zero-order valence-corrected chi connectivity index (χ0v) is 20.8. The van der Waals surface area contributed by atoms with Crippen molar-refractivity contribution in [2.24, 2.45) is 18.9 Å². The van der Waals surface area contributed by atoms with Gasteiger partial charge in [-0.3, -0.25) is 14.3 Å². The third-order valence-electron chi connectivity index (χ3n) is 6.91. The first-order valence-electron chi connectivity index (χ1n) is 12.1. The number of nitrogens with one attached hydrogen (secondary N) is 2. The standard InChI is InChI=1S/C25H29F3N6O3/c1-4-19-18(13-37-33-19)23(35)32-21(15-5-8-17(9-6-15)25(26,27)28)24(36)31-20-10-7-16(12-29-20)22-14(2)11-30-34(22)3/h7,10-13,15,17,21H,4-6,8-9H2,1-3H3,(H,32,35)(H,29,31,36)/t15-,17-,21?. The van der Waals surface area contributed by atoms with Gasteiger partial charge in [0.15, 0.2) is 0 Å². The molecule has 0 bridgehead atoms. The largest absolute Gasteiger partial charge is 0.391 e. The summed E-state index contributed by atoms with van der Waals surface area (Å²) in [5, 5.41) is 13.4.